The molecule has 2 rings (SSSR count). The number of rotatable bonds is 2. The molecule has 0 aromatic heterocycles. The highest BCUT2D eigenvalue weighted by molar-refractivity contribution is 9.10. The average Bonchev–Trinajstić information content (AvgIpc) is 2.33. The van der Waals surface area contributed by atoms with Crippen molar-refractivity contribution >= 4 is 27.5 Å². The molecule has 0 radical (unpaired) electrons. The molecule has 0 bridgehead atoms. The van der Waals surface area contributed by atoms with Crippen molar-refractivity contribution in [1.29, 1.82) is 5.26 Å². The van der Waals surface area contributed by atoms with Crippen LogP contribution >= 0.6 is 27.5 Å². The fourth-order valence-corrected chi connectivity index (χ4v) is 1.97. The van der Waals surface area contributed by atoms with Gasteiger partial charge in [0.1, 0.15) is 17.4 Å². The summed E-state index contributed by atoms with van der Waals surface area (Å²) in [6.07, 6.45) is 0. The van der Waals surface area contributed by atoms with E-state index in [-0.39, 0.29) is 16.5 Å². The van der Waals surface area contributed by atoms with Crippen LogP contribution in [-0.2, 0) is 0 Å². The summed E-state index contributed by atoms with van der Waals surface area (Å²) in [7, 11) is 0. The summed E-state index contributed by atoms with van der Waals surface area (Å²) in [5.74, 6) is -0.270. The molecule has 2 aromatic carbocycles. The Kier molecular flexibility index (Phi) is 3.85. The standard InChI is InChI=1S/C13H6BrClFNO/c14-10-2-1-3-12(9(10)7-17)18-13-5-4-8(15)6-11(13)16/h1-6H. The summed E-state index contributed by atoms with van der Waals surface area (Å²) in [6.45, 7) is 0. The summed E-state index contributed by atoms with van der Waals surface area (Å²) < 4.78 is 19.5. The van der Waals surface area contributed by atoms with E-state index in [1.165, 1.54) is 12.1 Å². The molecule has 0 N–H and O–H groups in total. The third-order valence-corrected chi connectivity index (χ3v) is 3.10. The Morgan fingerprint density at radius 1 is 1.22 bits per heavy atom. The van der Waals surface area contributed by atoms with Crippen molar-refractivity contribution in [1.82, 2.24) is 0 Å². The number of halogens is 3. The van der Waals surface area contributed by atoms with E-state index < -0.39 is 5.82 Å². The Hall–Kier alpha value is -1.57. The Labute approximate surface area is 117 Å². The molecule has 5 heteroatoms. The van der Waals surface area contributed by atoms with Crippen LogP contribution in [0.3, 0.4) is 0 Å². The van der Waals surface area contributed by atoms with Gasteiger partial charge in [0.05, 0.1) is 0 Å². The zero-order chi connectivity index (χ0) is 13.1. The van der Waals surface area contributed by atoms with Gasteiger partial charge < -0.3 is 4.74 Å². The number of ether oxygens (including phenoxy) is 1. The van der Waals surface area contributed by atoms with Crippen LogP contribution in [0, 0.1) is 17.1 Å². The van der Waals surface area contributed by atoms with E-state index in [9.17, 15) is 4.39 Å². The molecular formula is C13H6BrClFNO. The second-order valence-electron chi connectivity index (χ2n) is 3.40. The molecule has 0 heterocycles. The molecular weight excluding hydrogens is 321 g/mol. The minimum Gasteiger partial charge on any atom is -0.453 e. The van der Waals surface area contributed by atoms with E-state index in [4.69, 9.17) is 21.6 Å². The van der Waals surface area contributed by atoms with Crippen molar-refractivity contribution in [2.75, 3.05) is 0 Å². The fraction of sp³-hybridized carbons (Fsp3) is 0. The first-order valence-corrected chi connectivity index (χ1v) is 6.10. The lowest BCUT2D eigenvalue weighted by atomic mass is 10.2. The van der Waals surface area contributed by atoms with E-state index in [0.717, 1.165) is 6.07 Å². The molecule has 0 aliphatic carbocycles. The molecule has 18 heavy (non-hydrogen) atoms. The van der Waals surface area contributed by atoms with Gasteiger partial charge in [0, 0.05) is 9.50 Å². The lowest BCUT2D eigenvalue weighted by Gasteiger charge is -2.09. The summed E-state index contributed by atoms with van der Waals surface area (Å²) >= 11 is 8.88. The van der Waals surface area contributed by atoms with Crippen LogP contribution < -0.4 is 4.74 Å². The first-order chi connectivity index (χ1) is 8.61. The zero-order valence-electron chi connectivity index (χ0n) is 8.95. The summed E-state index contributed by atoms with van der Waals surface area (Å²) in [6, 6.07) is 11.1. The van der Waals surface area contributed by atoms with Gasteiger partial charge in [0.15, 0.2) is 11.6 Å². The van der Waals surface area contributed by atoms with Gasteiger partial charge in [-0.2, -0.15) is 5.26 Å². The topological polar surface area (TPSA) is 33.0 Å². The van der Waals surface area contributed by atoms with Crippen LogP contribution in [0.5, 0.6) is 11.5 Å². The second-order valence-corrected chi connectivity index (χ2v) is 4.69. The predicted molar refractivity (Wildman–Crippen MR) is 70.3 cm³/mol. The van der Waals surface area contributed by atoms with Crippen LogP contribution in [0.15, 0.2) is 40.9 Å². The lowest BCUT2D eigenvalue weighted by molar-refractivity contribution is 0.441. The van der Waals surface area contributed by atoms with E-state index in [0.29, 0.717) is 10.0 Å². The number of hydrogen-bond acceptors (Lipinski definition) is 2. The molecule has 0 unspecified atom stereocenters. The smallest absolute Gasteiger partial charge is 0.167 e. The quantitative estimate of drug-likeness (QED) is 0.786. The highest BCUT2D eigenvalue weighted by Crippen LogP contribution is 2.31. The maximum atomic E-state index is 13.6. The normalized spacial score (nSPS) is 9.89. The number of hydrogen-bond donors (Lipinski definition) is 0. The molecule has 0 atom stereocenters. The number of benzene rings is 2. The molecule has 0 fully saturated rings. The average molecular weight is 327 g/mol. The van der Waals surface area contributed by atoms with Gasteiger partial charge in [0.25, 0.3) is 0 Å². The Morgan fingerprint density at radius 2 is 2.00 bits per heavy atom. The Morgan fingerprint density at radius 3 is 2.67 bits per heavy atom. The lowest BCUT2D eigenvalue weighted by Crippen LogP contribution is -1.91. The van der Waals surface area contributed by atoms with Gasteiger partial charge in [-0.1, -0.05) is 17.7 Å². The van der Waals surface area contributed by atoms with Crippen LogP contribution in [0.25, 0.3) is 0 Å². The predicted octanol–water partition coefficient (Wildman–Crippen LogP) is 4.91. The molecule has 0 saturated heterocycles. The maximum Gasteiger partial charge on any atom is 0.167 e. The zero-order valence-corrected chi connectivity index (χ0v) is 11.3. The molecule has 0 aliphatic rings. The van der Waals surface area contributed by atoms with Crippen LogP contribution in [-0.4, -0.2) is 0 Å². The van der Waals surface area contributed by atoms with E-state index >= 15 is 0 Å². The monoisotopic (exact) mass is 325 g/mol. The molecule has 0 amide bonds. The second kappa shape index (κ2) is 5.38. The van der Waals surface area contributed by atoms with Crippen LogP contribution in [0.2, 0.25) is 5.02 Å². The van der Waals surface area contributed by atoms with Gasteiger partial charge in [-0.3, -0.25) is 0 Å². The van der Waals surface area contributed by atoms with E-state index in [2.05, 4.69) is 15.9 Å². The third-order valence-electron chi connectivity index (χ3n) is 2.20. The van der Waals surface area contributed by atoms with Crippen molar-refractivity contribution < 1.29 is 9.13 Å². The Bertz CT molecular complexity index is 639. The number of nitriles is 1. The van der Waals surface area contributed by atoms with E-state index in [1.807, 2.05) is 6.07 Å². The van der Waals surface area contributed by atoms with Gasteiger partial charge in [0.2, 0.25) is 0 Å². The summed E-state index contributed by atoms with van der Waals surface area (Å²) in [5, 5.41) is 9.30. The van der Waals surface area contributed by atoms with E-state index in [1.54, 1.807) is 18.2 Å². The highest BCUT2D eigenvalue weighted by Gasteiger charge is 2.11. The molecule has 90 valence electrons. The van der Waals surface area contributed by atoms with Gasteiger partial charge in [-0.25, -0.2) is 4.39 Å². The molecule has 2 nitrogen and oxygen atoms in total. The molecule has 0 spiro atoms. The van der Waals surface area contributed by atoms with Crippen LogP contribution in [0.1, 0.15) is 5.56 Å². The molecule has 2 aromatic rings. The van der Waals surface area contributed by atoms with Gasteiger partial charge >= 0.3 is 0 Å². The minimum absolute atomic E-state index is 0.0222. The van der Waals surface area contributed by atoms with Crippen molar-refractivity contribution in [2.24, 2.45) is 0 Å². The van der Waals surface area contributed by atoms with Gasteiger partial charge in [-0.05, 0) is 46.3 Å². The minimum atomic E-state index is -0.577. The third kappa shape index (κ3) is 2.63. The van der Waals surface area contributed by atoms with Crippen molar-refractivity contribution in [3.63, 3.8) is 0 Å². The largest absolute Gasteiger partial charge is 0.453 e. The van der Waals surface area contributed by atoms with Crippen molar-refractivity contribution in [2.45, 2.75) is 0 Å². The van der Waals surface area contributed by atoms with Crippen molar-refractivity contribution in [3.8, 4) is 17.6 Å². The summed E-state index contributed by atoms with van der Waals surface area (Å²) in [5.41, 5.74) is 0.312. The SMILES string of the molecule is N#Cc1c(Br)cccc1Oc1ccc(Cl)cc1F. The maximum absolute atomic E-state index is 13.6. The highest BCUT2D eigenvalue weighted by atomic mass is 79.9. The number of nitrogens with zero attached hydrogens (tertiary/aromatic N) is 1. The molecule has 0 saturated carbocycles. The van der Waals surface area contributed by atoms with Gasteiger partial charge in [-0.15, -0.1) is 0 Å². The molecule has 0 aliphatic heterocycles. The first kappa shape index (κ1) is 12.9. The fourth-order valence-electron chi connectivity index (χ4n) is 1.37. The van der Waals surface area contributed by atoms with Crippen LogP contribution in [0.4, 0.5) is 4.39 Å². The Balaban J connectivity index is 2.41. The first-order valence-electron chi connectivity index (χ1n) is 4.93. The van der Waals surface area contributed by atoms with Crippen molar-refractivity contribution in [3.05, 3.63) is 57.3 Å². The summed E-state index contributed by atoms with van der Waals surface area (Å²) in [4.78, 5) is 0.